The molecule has 0 bridgehead atoms. The van der Waals surface area contributed by atoms with Gasteiger partial charge in [0.25, 0.3) is 0 Å². The second-order valence-corrected chi connectivity index (χ2v) is 8.65. The molecule has 1 aromatic heterocycles. The number of anilines is 2. The van der Waals surface area contributed by atoms with Crippen LogP contribution in [0.15, 0.2) is 72.9 Å². The zero-order valence-corrected chi connectivity index (χ0v) is 19.1. The zero-order chi connectivity index (χ0) is 23.8. The number of piperazine rings is 1. The van der Waals surface area contributed by atoms with Crippen molar-refractivity contribution in [2.75, 3.05) is 49.2 Å². The summed E-state index contributed by atoms with van der Waals surface area (Å²) in [6, 6.07) is 19.9. The zero-order valence-electron chi connectivity index (χ0n) is 19.1. The van der Waals surface area contributed by atoms with Crippen molar-refractivity contribution in [2.24, 2.45) is 0 Å². The highest BCUT2D eigenvalue weighted by atomic mass is 19.1. The highest BCUT2D eigenvalue weighted by Gasteiger charge is 2.27. The van der Waals surface area contributed by atoms with Crippen molar-refractivity contribution in [1.82, 2.24) is 4.98 Å². The summed E-state index contributed by atoms with van der Waals surface area (Å²) in [7, 11) is 0. The van der Waals surface area contributed by atoms with Gasteiger partial charge < -0.3 is 19.3 Å². The topological polar surface area (TPSA) is 54.9 Å². The minimum absolute atomic E-state index is 0.0820. The van der Waals surface area contributed by atoms with Gasteiger partial charge in [-0.15, -0.1) is 0 Å². The number of carbonyl (C=O) groups is 1. The van der Waals surface area contributed by atoms with Crippen molar-refractivity contribution in [2.45, 2.75) is 0 Å². The number of aromatic nitrogens is 1. The molecule has 2 aliphatic rings. The maximum Gasteiger partial charge on any atom is 0.196 e. The van der Waals surface area contributed by atoms with Crippen LogP contribution >= 0.6 is 0 Å². The molecule has 6 rings (SSSR count). The molecule has 7 heteroatoms. The molecule has 3 heterocycles. The van der Waals surface area contributed by atoms with Gasteiger partial charge in [-0.2, -0.15) is 0 Å². The fourth-order valence-electron chi connectivity index (χ4n) is 4.85. The largest absolute Gasteiger partial charge is 0.486 e. The Labute approximate surface area is 202 Å². The Hall–Kier alpha value is -4.13. The minimum Gasteiger partial charge on any atom is -0.486 e. The smallest absolute Gasteiger partial charge is 0.196 e. The number of halogens is 1. The molecule has 0 saturated carbocycles. The van der Waals surface area contributed by atoms with Crippen LogP contribution in [0.1, 0.15) is 15.9 Å². The van der Waals surface area contributed by atoms with Crippen molar-refractivity contribution >= 4 is 28.1 Å². The SMILES string of the molecule is O=C(c1ccccc1)c1cnc2cc3c(cc2c1N1CCN(c2ccccc2F)CC1)OCCO3. The fraction of sp³-hybridized carbons (Fsp3) is 0.214. The summed E-state index contributed by atoms with van der Waals surface area (Å²) < 4.78 is 26.0. The molecule has 1 fully saturated rings. The van der Waals surface area contributed by atoms with Gasteiger partial charge in [-0.05, 0) is 18.2 Å². The van der Waals surface area contributed by atoms with Crippen LogP contribution in [-0.2, 0) is 0 Å². The summed E-state index contributed by atoms with van der Waals surface area (Å²) in [6.07, 6.45) is 1.66. The van der Waals surface area contributed by atoms with Crippen LogP contribution < -0.4 is 19.3 Å². The second-order valence-electron chi connectivity index (χ2n) is 8.65. The number of rotatable bonds is 4. The van der Waals surface area contributed by atoms with Crippen LogP contribution in [0, 0.1) is 5.82 Å². The van der Waals surface area contributed by atoms with Crippen LogP contribution in [0.5, 0.6) is 11.5 Å². The molecule has 35 heavy (non-hydrogen) atoms. The first kappa shape index (κ1) is 21.4. The van der Waals surface area contributed by atoms with E-state index in [1.54, 1.807) is 18.3 Å². The third-order valence-corrected chi connectivity index (χ3v) is 6.57. The molecule has 0 atom stereocenters. The Kier molecular flexibility index (Phi) is 5.45. The number of benzene rings is 3. The van der Waals surface area contributed by atoms with E-state index in [0.29, 0.717) is 67.7 Å². The third kappa shape index (κ3) is 3.93. The standard InChI is InChI=1S/C28H24FN3O3/c29-22-8-4-5-9-24(22)31-10-12-32(13-11-31)27-20-16-25-26(35-15-14-34-25)17-23(20)30-18-21(27)28(33)19-6-2-1-3-7-19/h1-9,16-18H,10-15H2. The summed E-state index contributed by atoms with van der Waals surface area (Å²) in [6.45, 7) is 3.51. The number of hydrogen-bond acceptors (Lipinski definition) is 6. The highest BCUT2D eigenvalue weighted by Crippen LogP contribution is 2.40. The predicted molar refractivity (Wildman–Crippen MR) is 133 cm³/mol. The minimum atomic E-state index is -0.223. The second kappa shape index (κ2) is 8.91. The summed E-state index contributed by atoms with van der Waals surface area (Å²) in [5.41, 5.74) is 3.32. The van der Waals surface area contributed by atoms with Gasteiger partial charge in [0, 0.05) is 49.4 Å². The van der Waals surface area contributed by atoms with E-state index in [0.717, 1.165) is 16.6 Å². The Balaban J connectivity index is 1.42. The van der Waals surface area contributed by atoms with Crippen molar-refractivity contribution in [1.29, 1.82) is 0 Å². The van der Waals surface area contributed by atoms with Crippen LogP contribution in [0.3, 0.4) is 0 Å². The molecule has 0 unspecified atom stereocenters. The van der Waals surface area contributed by atoms with E-state index in [1.807, 2.05) is 53.4 Å². The van der Waals surface area contributed by atoms with Gasteiger partial charge >= 0.3 is 0 Å². The molecule has 0 aliphatic carbocycles. The lowest BCUT2D eigenvalue weighted by molar-refractivity contribution is 0.103. The Morgan fingerprint density at radius 1 is 0.829 bits per heavy atom. The summed E-state index contributed by atoms with van der Waals surface area (Å²) in [5.74, 6) is 1.01. The lowest BCUT2D eigenvalue weighted by Crippen LogP contribution is -2.47. The van der Waals surface area contributed by atoms with Crippen LogP contribution in [-0.4, -0.2) is 50.2 Å². The number of nitrogens with zero attached hydrogens (tertiary/aromatic N) is 3. The Bertz CT molecular complexity index is 1400. The van der Waals surface area contributed by atoms with E-state index in [2.05, 4.69) is 9.88 Å². The number of hydrogen-bond donors (Lipinski definition) is 0. The monoisotopic (exact) mass is 469 g/mol. The fourth-order valence-corrected chi connectivity index (χ4v) is 4.85. The normalized spacial score (nSPS) is 15.3. The van der Waals surface area contributed by atoms with E-state index < -0.39 is 0 Å². The quantitative estimate of drug-likeness (QED) is 0.404. The van der Waals surface area contributed by atoms with Gasteiger partial charge in [-0.3, -0.25) is 9.78 Å². The number of ketones is 1. The number of carbonyl (C=O) groups excluding carboxylic acids is 1. The van der Waals surface area contributed by atoms with Crippen molar-refractivity contribution in [3.05, 3.63) is 89.9 Å². The lowest BCUT2D eigenvalue weighted by Gasteiger charge is -2.38. The molecule has 0 N–H and O–H groups in total. The number of fused-ring (bicyclic) bond motifs is 2. The van der Waals surface area contributed by atoms with Gasteiger partial charge in [0.1, 0.15) is 19.0 Å². The third-order valence-electron chi connectivity index (χ3n) is 6.57. The number of pyridine rings is 1. The van der Waals surface area contributed by atoms with Crippen molar-refractivity contribution in [3.8, 4) is 11.5 Å². The van der Waals surface area contributed by atoms with Crippen molar-refractivity contribution < 1.29 is 18.7 Å². The molecular formula is C28H24FN3O3. The summed E-state index contributed by atoms with van der Waals surface area (Å²) in [5, 5.41) is 0.843. The molecule has 176 valence electrons. The first-order chi connectivity index (χ1) is 17.2. The molecule has 4 aromatic rings. The van der Waals surface area contributed by atoms with Crippen LogP contribution in [0.2, 0.25) is 0 Å². The van der Waals surface area contributed by atoms with Crippen LogP contribution in [0.25, 0.3) is 10.9 Å². The van der Waals surface area contributed by atoms with Crippen molar-refractivity contribution in [3.63, 3.8) is 0 Å². The van der Waals surface area contributed by atoms with E-state index in [4.69, 9.17) is 9.47 Å². The molecule has 1 saturated heterocycles. The predicted octanol–water partition coefficient (Wildman–Crippen LogP) is 4.70. The first-order valence-corrected chi connectivity index (χ1v) is 11.8. The molecule has 3 aromatic carbocycles. The summed E-state index contributed by atoms with van der Waals surface area (Å²) >= 11 is 0. The van der Waals surface area contributed by atoms with E-state index in [-0.39, 0.29) is 11.6 Å². The molecule has 0 radical (unpaired) electrons. The molecule has 0 amide bonds. The van der Waals surface area contributed by atoms with Crippen LogP contribution in [0.4, 0.5) is 15.8 Å². The van der Waals surface area contributed by atoms with E-state index in [1.165, 1.54) is 6.07 Å². The molecular weight excluding hydrogens is 445 g/mol. The van der Waals surface area contributed by atoms with Gasteiger partial charge in [0.05, 0.1) is 22.5 Å². The summed E-state index contributed by atoms with van der Waals surface area (Å²) in [4.78, 5) is 22.5. The average molecular weight is 470 g/mol. The highest BCUT2D eigenvalue weighted by molar-refractivity contribution is 6.16. The number of para-hydroxylation sites is 1. The Morgan fingerprint density at radius 3 is 2.23 bits per heavy atom. The van der Waals surface area contributed by atoms with E-state index >= 15 is 0 Å². The average Bonchev–Trinajstić information content (AvgIpc) is 2.92. The van der Waals surface area contributed by atoms with Gasteiger partial charge in [0.15, 0.2) is 17.3 Å². The van der Waals surface area contributed by atoms with Gasteiger partial charge in [-0.1, -0.05) is 42.5 Å². The molecule has 2 aliphatic heterocycles. The van der Waals surface area contributed by atoms with Gasteiger partial charge in [-0.25, -0.2) is 4.39 Å². The maximum atomic E-state index is 14.4. The number of ether oxygens (including phenoxy) is 2. The van der Waals surface area contributed by atoms with Gasteiger partial charge in [0.2, 0.25) is 0 Å². The molecule has 6 nitrogen and oxygen atoms in total. The Morgan fingerprint density at radius 2 is 1.49 bits per heavy atom. The maximum absolute atomic E-state index is 14.4. The lowest BCUT2D eigenvalue weighted by atomic mass is 9.99. The van der Waals surface area contributed by atoms with E-state index in [9.17, 15) is 9.18 Å². The first-order valence-electron chi connectivity index (χ1n) is 11.8. The molecule has 0 spiro atoms.